The Labute approximate surface area is 131 Å². The second kappa shape index (κ2) is 6.57. The van der Waals surface area contributed by atoms with Crippen molar-refractivity contribution in [3.8, 4) is 5.75 Å². The molecule has 0 aromatic heterocycles. The zero-order chi connectivity index (χ0) is 13.9. The molecule has 1 aromatic carbocycles. The number of benzene rings is 1. The number of hydrogen-bond acceptors (Lipinski definition) is 3. The number of hydrogen-bond donors (Lipinski definition) is 1. The van der Waals surface area contributed by atoms with Gasteiger partial charge in [0.15, 0.2) is 0 Å². The summed E-state index contributed by atoms with van der Waals surface area (Å²) in [5.41, 5.74) is 1.22. The van der Waals surface area contributed by atoms with Crippen LogP contribution in [0.1, 0.15) is 25.8 Å². The molecule has 1 unspecified atom stereocenters. The largest absolute Gasteiger partial charge is 0.492 e. The molecule has 1 heterocycles. The van der Waals surface area contributed by atoms with E-state index < -0.39 is 0 Å². The minimum Gasteiger partial charge on any atom is -0.492 e. The maximum atomic E-state index is 5.73. The third kappa shape index (κ3) is 3.94. The smallest absolute Gasteiger partial charge is 0.138 e. The molecule has 0 saturated carbocycles. The first kappa shape index (κ1) is 15.3. The highest BCUT2D eigenvalue weighted by molar-refractivity contribution is 9.11. The minimum atomic E-state index is 0.0677. The fraction of sp³-hybridized carbons (Fsp3) is 0.571. The van der Waals surface area contributed by atoms with Gasteiger partial charge in [0, 0.05) is 28.7 Å². The van der Waals surface area contributed by atoms with E-state index in [0.29, 0.717) is 6.61 Å². The SMILES string of the molecule is CCOc1c(Br)cc(Br)cc1CNC1(C)CCOC1. The molecule has 106 valence electrons. The third-order valence-electron chi connectivity index (χ3n) is 3.30. The standard InChI is InChI=1S/C14H19Br2NO2/c1-3-19-13-10(6-11(15)7-12(13)16)8-17-14(2)4-5-18-9-14/h6-7,17H,3-5,8-9H2,1-2H3. The van der Waals surface area contributed by atoms with Crippen LogP contribution in [0.25, 0.3) is 0 Å². The van der Waals surface area contributed by atoms with Gasteiger partial charge in [-0.15, -0.1) is 0 Å². The van der Waals surface area contributed by atoms with Gasteiger partial charge in [0.1, 0.15) is 5.75 Å². The average Bonchev–Trinajstić information content (AvgIpc) is 2.78. The number of halogens is 2. The molecule has 1 aliphatic rings. The normalized spacial score (nSPS) is 22.7. The zero-order valence-corrected chi connectivity index (χ0v) is 14.4. The third-order valence-corrected chi connectivity index (χ3v) is 4.35. The Bertz CT molecular complexity index is 445. The Morgan fingerprint density at radius 3 is 2.84 bits per heavy atom. The van der Waals surface area contributed by atoms with Gasteiger partial charge in [-0.05, 0) is 48.3 Å². The highest BCUT2D eigenvalue weighted by Gasteiger charge is 2.29. The lowest BCUT2D eigenvalue weighted by molar-refractivity contribution is 0.171. The molecule has 3 nitrogen and oxygen atoms in total. The molecule has 1 aliphatic heterocycles. The van der Waals surface area contributed by atoms with E-state index in [4.69, 9.17) is 9.47 Å². The van der Waals surface area contributed by atoms with Crippen molar-refractivity contribution in [3.05, 3.63) is 26.6 Å². The fourth-order valence-electron chi connectivity index (χ4n) is 2.17. The van der Waals surface area contributed by atoms with E-state index in [0.717, 1.165) is 46.4 Å². The lowest BCUT2D eigenvalue weighted by Gasteiger charge is -2.24. The van der Waals surface area contributed by atoms with Gasteiger partial charge >= 0.3 is 0 Å². The summed E-state index contributed by atoms with van der Waals surface area (Å²) in [7, 11) is 0. The molecule has 1 aromatic rings. The summed E-state index contributed by atoms with van der Waals surface area (Å²) in [6.45, 7) is 7.24. The van der Waals surface area contributed by atoms with Crippen molar-refractivity contribution in [2.75, 3.05) is 19.8 Å². The van der Waals surface area contributed by atoms with Gasteiger partial charge in [0.25, 0.3) is 0 Å². The van der Waals surface area contributed by atoms with Gasteiger partial charge in [-0.25, -0.2) is 0 Å². The van der Waals surface area contributed by atoms with Crippen LogP contribution in [0, 0.1) is 0 Å². The zero-order valence-electron chi connectivity index (χ0n) is 11.3. The van der Waals surface area contributed by atoms with Crippen molar-refractivity contribution in [1.82, 2.24) is 5.32 Å². The monoisotopic (exact) mass is 391 g/mol. The Hall–Kier alpha value is -0.100. The van der Waals surface area contributed by atoms with Crippen LogP contribution < -0.4 is 10.1 Å². The van der Waals surface area contributed by atoms with E-state index >= 15 is 0 Å². The van der Waals surface area contributed by atoms with Crippen LogP contribution in [0.4, 0.5) is 0 Å². The molecule has 0 amide bonds. The maximum absolute atomic E-state index is 5.73. The molecule has 0 radical (unpaired) electrons. The maximum Gasteiger partial charge on any atom is 0.138 e. The van der Waals surface area contributed by atoms with Crippen molar-refractivity contribution in [1.29, 1.82) is 0 Å². The predicted octanol–water partition coefficient (Wildman–Crippen LogP) is 3.88. The molecule has 19 heavy (non-hydrogen) atoms. The van der Waals surface area contributed by atoms with E-state index in [1.807, 2.05) is 13.0 Å². The van der Waals surface area contributed by atoms with Crippen LogP contribution in [-0.4, -0.2) is 25.4 Å². The van der Waals surface area contributed by atoms with Gasteiger partial charge in [-0.3, -0.25) is 0 Å². The van der Waals surface area contributed by atoms with Crippen LogP contribution in [-0.2, 0) is 11.3 Å². The highest BCUT2D eigenvalue weighted by atomic mass is 79.9. The summed E-state index contributed by atoms with van der Waals surface area (Å²) in [4.78, 5) is 0. The number of ether oxygens (including phenoxy) is 2. The summed E-state index contributed by atoms with van der Waals surface area (Å²) in [5.74, 6) is 0.917. The Balaban J connectivity index is 2.14. The summed E-state index contributed by atoms with van der Waals surface area (Å²) < 4.78 is 13.2. The quantitative estimate of drug-likeness (QED) is 0.824. The predicted molar refractivity (Wildman–Crippen MR) is 83.7 cm³/mol. The molecule has 1 fully saturated rings. The second-order valence-electron chi connectivity index (χ2n) is 5.03. The summed E-state index contributed by atoms with van der Waals surface area (Å²) >= 11 is 7.09. The second-order valence-corrected chi connectivity index (χ2v) is 6.80. The Kier molecular flexibility index (Phi) is 5.29. The molecule has 0 bridgehead atoms. The van der Waals surface area contributed by atoms with Crippen LogP contribution >= 0.6 is 31.9 Å². The van der Waals surface area contributed by atoms with Gasteiger partial charge in [0.2, 0.25) is 0 Å². The van der Waals surface area contributed by atoms with Gasteiger partial charge in [-0.2, -0.15) is 0 Å². The molecule has 1 N–H and O–H groups in total. The van der Waals surface area contributed by atoms with E-state index in [1.165, 1.54) is 0 Å². The minimum absolute atomic E-state index is 0.0677. The first-order chi connectivity index (χ1) is 9.04. The lowest BCUT2D eigenvalue weighted by Crippen LogP contribution is -2.42. The molecule has 5 heteroatoms. The summed E-state index contributed by atoms with van der Waals surface area (Å²) in [6.07, 6.45) is 1.05. The number of nitrogens with one attached hydrogen (secondary N) is 1. The van der Waals surface area contributed by atoms with Crippen LogP contribution in [0.2, 0.25) is 0 Å². The topological polar surface area (TPSA) is 30.5 Å². The van der Waals surface area contributed by atoms with Crippen molar-refractivity contribution in [2.24, 2.45) is 0 Å². The molecule has 1 atom stereocenters. The first-order valence-corrected chi connectivity index (χ1v) is 8.06. The summed E-state index contributed by atoms with van der Waals surface area (Å²) in [5, 5.41) is 3.58. The fourth-order valence-corrected chi connectivity index (χ4v) is 3.59. The molecule has 1 saturated heterocycles. The molecular formula is C14H19Br2NO2. The Morgan fingerprint density at radius 1 is 1.42 bits per heavy atom. The van der Waals surface area contributed by atoms with Crippen LogP contribution in [0.15, 0.2) is 21.1 Å². The Morgan fingerprint density at radius 2 is 2.21 bits per heavy atom. The molecular weight excluding hydrogens is 374 g/mol. The summed E-state index contributed by atoms with van der Waals surface area (Å²) in [6, 6.07) is 4.11. The van der Waals surface area contributed by atoms with E-state index in [1.54, 1.807) is 0 Å². The van der Waals surface area contributed by atoms with Crippen LogP contribution in [0.5, 0.6) is 5.75 Å². The van der Waals surface area contributed by atoms with Crippen molar-refractivity contribution >= 4 is 31.9 Å². The van der Waals surface area contributed by atoms with Crippen molar-refractivity contribution in [2.45, 2.75) is 32.4 Å². The average molecular weight is 393 g/mol. The molecule has 0 spiro atoms. The van der Waals surface area contributed by atoms with Gasteiger partial charge in [0.05, 0.1) is 17.7 Å². The van der Waals surface area contributed by atoms with Gasteiger partial charge in [-0.1, -0.05) is 15.9 Å². The highest BCUT2D eigenvalue weighted by Crippen LogP contribution is 2.33. The van der Waals surface area contributed by atoms with Crippen molar-refractivity contribution < 1.29 is 9.47 Å². The molecule has 0 aliphatic carbocycles. The van der Waals surface area contributed by atoms with E-state index in [2.05, 4.69) is 50.2 Å². The first-order valence-electron chi connectivity index (χ1n) is 6.47. The van der Waals surface area contributed by atoms with Crippen LogP contribution in [0.3, 0.4) is 0 Å². The lowest BCUT2D eigenvalue weighted by atomic mass is 10.0. The van der Waals surface area contributed by atoms with Gasteiger partial charge < -0.3 is 14.8 Å². The molecule has 2 rings (SSSR count). The van der Waals surface area contributed by atoms with E-state index in [-0.39, 0.29) is 5.54 Å². The van der Waals surface area contributed by atoms with Crippen molar-refractivity contribution in [3.63, 3.8) is 0 Å². The van der Waals surface area contributed by atoms with E-state index in [9.17, 15) is 0 Å². The number of rotatable bonds is 5.